The van der Waals surface area contributed by atoms with Crippen LogP contribution in [-0.2, 0) is 9.47 Å². The monoisotopic (exact) mass is 672 g/mol. The molecular weight excluding hydrogens is 636 g/mol. The zero-order chi connectivity index (χ0) is 33.8. The van der Waals surface area contributed by atoms with Gasteiger partial charge >= 0.3 is 12.5 Å². The van der Waals surface area contributed by atoms with Crippen LogP contribution in [0.3, 0.4) is 0 Å². The smallest absolute Gasteiger partial charge is 0.432 e. The Morgan fingerprint density at radius 1 is 0.745 bits per heavy atom. The molecule has 12 heteroatoms. The van der Waals surface area contributed by atoms with Gasteiger partial charge in [-0.05, 0) is 79.5 Å². The highest BCUT2D eigenvalue weighted by Gasteiger charge is 2.44. The molecule has 47 heavy (non-hydrogen) atoms. The fraction of sp³-hybridized carbons (Fsp3) is 0.486. The Morgan fingerprint density at radius 2 is 1.47 bits per heavy atom. The molecule has 1 heterocycles. The summed E-state index contributed by atoms with van der Waals surface area (Å²) in [6.45, 7) is 3.24. The Morgan fingerprint density at radius 3 is 2.09 bits per heavy atom. The highest BCUT2D eigenvalue weighted by Crippen LogP contribution is 2.44. The zero-order valence-corrected chi connectivity index (χ0v) is 25.7. The number of ether oxygens (including phenoxy) is 4. The van der Waals surface area contributed by atoms with Crippen molar-refractivity contribution in [1.29, 1.82) is 0 Å². The maximum absolute atomic E-state index is 15.2. The topological polar surface area (TPSA) is 36.9 Å². The minimum absolute atomic E-state index is 0.0410. The van der Waals surface area contributed by atoms with Gasteiger partial charge in [0.15, 0.2) is 17.9 Å². The summed E-state index contributed by atoms with van der Waals surface area (Å²) in [6.07, 6.45) is -4.31. The summed E-state index contributed by atoms with van der Waals surface area (Å²) < 4.78 is 132. The highest BCUT2D eigenvalue weighted by atomic mass is 19.4. The predicted molar refractivity (Wildman–Crippen MR) is 157 cm³/mol. The molecule has 0 aromatic heterocycles. The fourth-order valence-corrected chi connectivity index (χ4v) is 6.26. The van der Waals surface area contributed by atoms with E-state index in [0.29, 0.717) is 61.3 Å². The van der Waals surface area contributed by atoms with Crippen molar-refractivity contribution >= 4 is 0 Å². The molecule has 2 aliphatic rings. The first-order valence-corrected chi connectivity index (χ1v) is 15.8. The number of alkyl halides is 5. The minimum atomic E-state index is -5.11. The molecule has 1 saturated heterocycles. The summed E-state index contributed by atoms with van der Waals surface area (Å²) in [6, 6.07) is 9.99. The normalized spacial score (nSPS) is 22.2. The van der Waals surface area contributed by atoms with Gasteiger partial charge in [-0.2, -0.15) is 8.78 Å². The molecule has 1 saturated carbocycles. The van der Waals surface area contributed by atoms with Crippen molar-refractivity contribution in [3.05, 3.63) is 83.2 Å². The Kier molecular flexibility index (Phi) is 11.0. The van der Waals surface area contributed by atoms with E-state index in [4.69, 9.17) is 14.2 Å². The summed E-state index contributed by atoms with van der Waals surface area (Å²) in [5, 5.41) is 0. The number of rotatable bonds is 11. The predicted octanol–water partition coefficient (Wildman–Crippen LogP) is 10.9. The van der Waals surface area contributed by atoms with Gasteiger partial charge < -0.3 is 18.9 Å². The largest absolute Gasteiger partial charge is 0.573 e. The first-order chi connectivity index (χ1) is 22.3. The number of unbranched alkanes of at least 4 members (excludes halogenated alkanes) is 2. The van der Waals surface area contributed by atoms with Crippen molar-refractivity contribution in [1.82, 2.24) is 0 Å². The van der Waals surface area contributed by atoms with E-state index in [-0.39, 0.29) is 29.9 Å². The average molecular weight is 673 g/mol. The van der Waals surface area contributed by atoms with Gasteiger partial charge in [-0.3, -0.25) is 0 Å². The molecule has 0 atom stereocenters. The van der Waals surface area contributed by atoms with E-state index in [9.17, 15) is 22.0 Å². The third-order valence-electron chi connectivity index (χ3n) is 8.78. The first-order valence-electron chi connectivity index (χ1n) is 15.8. The van der Waals surface area contributed by atoms with Gasteiger partial charge in [-0.25, -0.2) is 13.2 Å². The van der Waals surface area contributed by atoms with E-state index in [1.165, 1.54) is 6.07 Å². The molecule has 1 aliphatic carbocycles. The molecule has 256 valence electrons. The van der Waals surface area contributed by atoms with Crippen LogP contribution in [0.25, 0.3) is 11.1 Å². The summed E-state index contributed by atoms with van der Waals surface area (Å²) in [5.74, 6) is -5.58. The average Bonchev–Trinajstić information content (AvgIpc) is 3.02. The van der Waals surface area contributed by atoms with Gasteiger partial charge in [0.1, 0.15) is 17.4 Å². The van der Waals surface area contributed by atoms with Crippen LogP contribution in [0, 0.1) is 29.3 Å². The molecular formula is C35H36F8O4. The summed E-state index contributed by atoms with van der Waals surface area (Å²) in [4.78, 5) is 0. The molecule has 0 unspecified atom stereocenters. The van der Waals surface area contributed by atoms with Crippen molar-refractivity contribution in [2.24, 2.45) is 11.8 Å². The van der Waals surface area contributed by atoms with Gasteiger partial charge in [0.25, 0.3) is 0 Å². The summed E-state index contributed by atoms with van der Waals surface area (Å²) in [7, 11) is 0. The Bertz CT molecular complexity index is 1500. The van der Waals surface area contributed by atoms with E-state index in [1.54, 1.807) is 12.1 Å². The fourth-order valence-electron chi connectivity index (χ4n) is 6.26. The molecule has 0 amide bonds. The minimum Gasteiger partial charge on any atom is -0.432 e. The number of benzene rings is 3. The van der Waals surface area contributed by atoms with Crippen molar-refractivity contribution in [2.45, 2.75) is 83.0 Å². The van der Waals surface area contributed by atoms with Crippen molar-refractivity contribution < 1.29 is 54.1 Å². The Labute approximate surface area is 268 Å². The van der Waals surface area contributed by atoms with Crippen LogP contribution in [0.15, 0.2) is 54.6 Å². The second-order valence-corrected chi connectivity index (χ2v) is 12.2. The molecule has 0 N–H and O–H groups in total. The summed E-state index contributed by atoms with van der Waals surface area (Å²) >= 11 is 0. The zero-order valence-electron chi connectivity index (χ0n) is 25.7. The highest BCUT2D eigenvalue weighted by molar-refractivity contribution is 5.66. The molecule has 2 fully saturated rings. The van der Waals surface area contributed by atoms with Crippen molar-refractivity contribution in [3.63, 3.8) is 0 Å². The third-order valence-corrected chi connectivity index (χ3v) is 8.78. The van der Waals surface area contributed by atoms with Crippen LogP contribution >= 0.6 is 0 Å². The molecule has 0 spiro atoms. The number of halogens is 8. The van der Waals surface area contributed by atoms with E-state index < -0.39 is 53.6 Å². The molecule has 4 nitrogen and oxygen atoms in total. The lowest BCUT2D eigenvalue weighted by Gasteiger charge is -2.34. The molecule has 3 aromatic carbocycles. The van der Waals surface area contributed by atoms with Crippen LogP contribution < -0.4 is 9.47 Å². The van der Waals surface area contributed by atoms with Gasteiger partial charge in [0, 0.05) is 23.1 Å². The van der Waals surface area contributed by atoms with Crippen LogP contribution in [0.2, 0.25) is 0 Å². The van der Waals surface area contributed by atoms with Crippen LogP contribution in [0.4, 0.5) is 35.1 Å². The second-order valence-electron chi connectivity index (χ2n) is 12.2. The van der Waals surface area contributed by atoms with E-state index in [1.807, 2.05) is 0 Å². The standard InChI is InChI=1S/C35H36F8O4/c1-2-3-4-5-21-19-44-33(45-20-21)24-8-13-27(29(36)17-24)22-6-10-25(11-7-22)34(39,40)46-26-12-14-28(30(37)18-26)23-9-15-32(31(38)16-23)47-35(41,42)43/h8-9,12-18,21-22,25,33H,2-7,10-11,19-20H2,1H3. The van der Waals surface area contributed by atoms with Crippen molar-refractivity contribution in [3.8, 4) is 22.6 Å². The van der Waals surface area contributed by atoms with E-state index in [0.717, 1.165) is 43.9 Å². The maximum Gasteiger partial charge on any atom is 0.573 e. The molecule has 0 bridgehead atoms. The molecule has 1 aliphatic heterocycles. The molecule has 0 radical (unpaired) electrons. The van der Waals surface area contributed by atoms with E-state index >= 15 is 13.2 Å². The van der Waals surface area contributed by atoms with Crippen LogP contribution in [-0.4, -0.2) is 25.7 Å². The van der Waals surface area contributed by atoms with Gasteiger partial charge in [0.2, 0.25) is 0 Å². The maximum atomic E-state index is 15.2. The Hall–Kier alpha value is -3.38. The quantitative estimate of drug-likeness (QED) is 0.150. The van der Waals surface area contributed by atoms with Crippen LogP contribution in [0.1, 0.15) is 81.6 Å². The van der Waals surface area contributed by atoms with Gasteiger partial charge in [-0.1, -0.05) is 44.4 Å². The lowest BCUT2D eigenvalue weighted by Crippen LogP contribution is -2.37. The third kappa shape index (κ3) is 8.95. The lowest BCUT2D eigenvalue weighted by molar-refractivity contribution is -0.275. The van der Waals surface area contributed by atoms with Gasteiger partial charge in [-0.15, -0.1) is 13.2 Å². The second kappa shape index (κ2) is 14.8. The molecule has 3 aromatic rings. The lowest BCUT2D eigenvalue weighted by atomic mass is 9.78. The summed E-state index contributed by atoms with van der Waals surface area (Å²) in [5.41, 5.74) is 0.649. The Balaban J connectivity index is 1.15. The number of hydrogen-bond donors (Lipinski definition) is 0. The number of hydrogen-bond acceptors (Lipinski definition) is 4. The van der Waals surface area contributed by atoms with E-state index in [2.05, 4.69) is 11.7 Å². The van der Waals surface area contributed by atoms with Crippen molar-refractivity contribution in [2.75, 3.05) is 13.2 Å². The SMILES string of the molecule is CCCCCC1COC(c2ccc(C3CCC(C(F)(F)Oc4ccc(-c5ccc(OC(F)(F)F)c(F)c5)c(F)c4)CC3)c(F)c2)OC1. The molecule has 5 rings (SSSR count). The first kappa shape index (κ1) is 34.9. The van der Waals surface area contributed by atoms with Crippen LogP contribution in [0.5, 0.6) is 11.5 Å². The van der Waals surface area contributed by atoms with Gasteiger partial charge in [0.05, 0.1) is 19.1 Å².